The van der Waals surface area contributed by atoms with Crippen LogP contribution in [0, 0.1) is 5.82 Å². The van der Waals surface area contributed by atoms with Crippen LogP contribution < -0.4 is 15.9 Å². The van der Waals surface area contributed by atoms with E-state index >= 15 is 0 Å². The van der Waals surface area contributed by atoms with Crippen molar-refractivity contribution < 1.29 is 31.6 Å². The van der Waals surface area contributed by atoms with Crippen LogP contribution in [0.2, 0.25) is 0 Å². The van der Waals surface area contributed by atoms with Gasteiger partial charge in [0.25, 0.3) is 0 Å². The van der Waals surface area contributed by atoms with E-state index in [1.54, 1.807) is 27.7 Å². The molecule has 1 aromatic rings. The highest BCUT2D eigenvalue weighted by molar-refractivity contribution is 6.62. The minimum absolute atomic E-state index is 0.202. The van der Waals surface area contributed by atoms with E-state index in [4.69, 9.17) is 15.0 Å². The van der Waals surface area contributed by atoms with Crippen LogP contribution in [0.25, 0.3) is 0 Å². The van der Waals surface area contributed by atoms with Gasteiger partial charge in [-0.2, -0.15) is 0 Å². The number of alkyl halides is 3. The predicted octanol–water partition coefficient (Wildman–Crippen LogP) is 2.61. The topological polar surface area (TPSA) is 53.7 Å². The van der Waals surface area contributed by atoms with Crippen LogP contribution in [0.5, 0.6) is 5.75 Å². The van der Waals surface area contributed by atoms with E-state index in [0.717, 1.165) is 12.1 Å². The zero-order valence-corrected chi connectivity index (χ0v) is 12.5. The lowest BCUT2D eigenvalue weighted by atomic mass is 9.78. The molecule has 0 spiro atoms. The van der Waals surface area contributed by atoms with E-state index in [9.17, 15) is 17.6 Å². The maximum atomic E-state index is 14.0. The van der Waals surface area contributed by atoms with Crippen LogP contribution in [-0.4, -0.2) is 24.7 Å². The molecule has 0 aromatic heterocycles. The minimum atomic E-state index is -4.93. The second-order valence-corrected chi connectivity index (χ2v) is 6.05. The lowest BCUT2D eigenvalue weighted by Crippen LogP contribution is -2.41. The van der Waals surface area contributed by atoms with Gasteiger partial charge < -0.3 is 19.8 Å². The Hall–Kier alpha value is -1.48. The molecule has 1 saturated heterocycles. The number of ether oxygens (including phenoxy) is 1. The molecular formula is C13H16BF4NO3. The van der Waals surface area contributed by atoms with Gasteiger partial charge in [-0.1, -0.05) is 0 Å². The maximum Gasteiger partial charge on any atom is 0.573 e. The van der Waals surface area contributed by atoms with E-state index in [0.29, 0.717) is 0 Å². The van der Waals surface area contributed by atoms with Gasteiger partial charge in [-0.05, 0) is 33.8 Å². The lowest BCUT2D eigenvalue weighted by molar-refractivity contribution is -0.274. The smallest absolute Gasteiger partial charge is 0.404 e. The van der Waals surface area contributed by atoms with Crippen molar-refractivity contribution in [3.05, 3.63) is 17.9 Å². The molecule has 0 atom stereocenters. The summed E-state index contributed by atoms with van der Waals surface area (Å²) in [7, 11) is -1.15. The van der Waals surface area contributed by atoms with Crippen LogP contribution in [0.4, 0.5) is 23.2 Å². The zero-order chi connectivity index (χ0) is 16.9. The maximum absolute atomic E-state index is 14.0. The second-order valence-electron chi connectivity index (χ2n) is 6.05. The molecule has 122 valence electrons. The fraction of sp³-hybridized carbons (Fsp3) is 0.538. The average molecular weight is 321 g/mol. The van der Waals surface area contributed by atoms with Gasteiger partial charge in [0.05, 0.1) is 16.9 Å². The molecular weight excluding hydrogens is 305 g/mol. The summed E-state index contributed by atoms with van der Waals surface area (Å²) in [6.07, 6.45) is -4.93. The van der Waals surface area contributed by atoms with Gasteiger partial charge in [0.15, 0.2) is 5.75 Å². The van der Waals surface area contributed by atoms with Gasteiger partial charge in [-0.15, -0.1) is 13.2 Å². The van der Waals surface area contributed by atoms with Gasteiger partial charge in [0, 0.05) is 11.5 Å². The third-order valence-electron chi connectivity index (χ3n) is 3.86. The minimum Gasteiger partial charge on any atom is -0.404 e. The summed E-state index contributed by atoms with van der Waals surface area (Å²) < 4.78 is 66.1. The average Bonchev–Trinajstić information content (AvgIpc) is 2.50. The Labute approximate surface area is 125 Å². The molecule has 1 aliphatic heterocycles. The van der Waals surface area contributed by atoms with Gasteiger partial charge in [-0.3, -0.25) is 0 Å². The molecule has 0 bridgehead atoms. The SMILES string of the molecule is CC1(C)OB(c2cc(OC(F)(F)F)c(N)cc2F)OC1(C)C. The summed E-state index contributed by atoms with van der Waals surface area (Å²) >= 11 is 0. The van der Waals surface area contributed by atoms with Gasteiger partial charge in [0.2, 0.25) is 0 Å². The van der Waals surface area contributed by atoms with E-state index in [-0.39, 0.29) is 5.46 Å². The molecule has 4 nitrogen and oxygen atoms in total. The highest BCUT2D eigenvalue weighted by Gasteiger charge is 2.52. The predicted molar refractivity (Wildman–Crippen MR) is 73.2 cm³/mol. The number of hydrogen-bond acceptors (Lipinski definition) is 4. The monoisotopic (exact) mass is 321 g/mol. The standard InChI is InChI=1S/C13H16BF4NO3/c1-11(2)12(3,4)22-14(21-11)7-5-10(20-13(16,17)18)9(19)6-8(7)15/h5-6H,19H2,1-4H3. The number of nitrogens with two attached hydrogens (primary N) is 1. The van der Waals surface area contributed by atoms with E-state index in [1.807, 2.05) is 0 Å². The molecule has 2 N–H and O–H groups in total. The molecule has 0 radical (unpaired) electrons. The number of anilines is 1. The van der Waals surface area contributed by atoms with E-state index in [2.05, 4.69) is 4.74 Å². The Morgan fingerprint density at radius 1 is 1.09 bits per heavy atom. The van der Waals surface area contributed by atoms with Crippen molar-refractivity contribution in [3.63, 3.8) is 0 Å². The Morgan fingerprint density at radius 3 is 2.05 bits per heavy atom. The Kier molecular flexibility index (Phi) is 3.86. The molecule has 0 aliphatic carbocycles. The van der Waals surface area contributed by atoms with Gasteiger partial charge in [0.1, 0.15) is 5.82 Å². The van der Waals surface area contributed by atoms with Crippen LogP contribution in [0.15, 0.2) is 12.1 Å². The van der Waals surface area contributed by atoms with E-state index in [1.165, 1.54) is 0 Å². The molecule has 22 heavy (non-hydrogen) atoms. The number of hydrogen-bond donors (Lipinski definition) is 1. The quantitative estimate of drug-likeness (QED) is 0.517. The van der Waals surface area contributed by atoms with Crippen LogP contribution in [0.1, 0.15) is 27.7 Å². The molecule has 0 amide bonds. The molecule has 0 saturated carbocycles. The highest BCUT2D eigenvalue weighted by Crippen LogP contribution is 2.37. The van der Waals surface area contributed by atoms with Crippen LogP contribution in [-0.2, 0) is 9.31 Å². The third kappa shape index (κ3) is 3.15. The molecule has 1 fully saturated rings. The lowest BCUT2D eigenvalue weighted by Gasteiger charge is -2.32. The molecule has 0 unspecified atom stereocenters. The number of halogens is 4. The molecule has 9 heteroatoms. The Morgan fingerprint density at radius 2 is 1.59 bits per heavy atom. The number of benzene rings is 1. The third-order valence-corrected chi connectivity index (χ3v) is 3.86. The highest BCUT2D eigenvalue weighted by atomic mass is 19.4. The van der Waals surface area contributed by atoms with Crippen molar-refractivity contribution in [1.82, 2.24) is 0 Å². The van der Waals surface area contributed by atoms with Crippen molar-refractivity contribution in [1.29, 1.82) is 0 Å². The second kappa shape index (κ2) is 5.02. The first kappa shape index (κ1) is 16.9. The Balaban J connectivity index is 2.39. The zero-order valence-electron chi connectivity index (χ0n) is 12.5. The van der Waals surface area contributed by atoms with Crippen molar-refractivity contribution in [2.24, 2.45) is 0 Å². The molecule has 2 rings (SSSR count). The fourth-order valence-electron chi connectivity index (χ4n) is 1.95. The first-order chi connectivity index (χ1) is 9.82. The molecule has 1 aromatic carbocycles. The summed E-state index contributed by atoms with van der Waals surface area (Å²) in [5.74, 6) is -1.52. The number of rotatable bonds is 2. The first-order valence-electron chi connectivity index (χ1n) is 6.53. The summed E-state index contributed by atoms with van der Waals surface area (Å²) in [6, 6.07) is 1.60. The summed E-state index contributed by atoms with van der Waals surface area (Å²) in [6.45, 7) is 6.98. The summed E-state index contributed by atoms with van der Waals surface area (Å²) in [5, 5.41) is 0. The van der Waals surface area contributed by atoms with Crippen molar-refractivity contribution >= 4 is 18.3 Å². The first-order valence-corrected chi connectivity index (χ1v) is 6.53. The van der Waals surface area contributed by atoms with Crippen LogP contribution >= 0.6 is 0 Å². The fourth-order valence-corrected chi connectivity index (χ4v) is 1.95. The van der Waals surface area contributed by atoms with Crippen LogP contribution in [0.3, 0.4) is 0 Å². The van der Waals surface area contributed by atoms with E-state index < -0.39 is 41.9 Å². The number of nitrogen functional groups attached to an aromatic ring is 1. The molecule has 1 aliphatic rings. The van der Waals surface area contributed by atoms with Crippen molar-refractivity contribution in [3.8, 4) is 5.75 Å². The molecule has 1 heterocycles. The Bertz CT molecular complexity index is 573. The normalized spacial score (nSPS) is 20.3. The van der Waals surface area contributed by atoms with Gasteiger partial charge in [-0.25, -0.2) is 4.39 Å². The van der Waals surface area contributed by atoms with Gasteiger partial charge >= 0.3 is 13.5 Å². The summed E-state index contributed by atoms with van der Waals surface area (Å²) in [5.41, 5.74) is 3.18. The largest absolute Gasteiger partial charge is 0.573 e. The summed E-state index contributed by atoms with van der Waals surface area (Å²) in [4.78, 5) is 0. The van der Waals surface area contributed by atoms with Crippen molar-refractivity contribution in [2.75, 3.05) is 5.73 Å². The van der Waals surface area contributed by atoms with Crippen molar-refractivity contribution in [2.45, 2.75) is 45.3 Å².